The third-order valence-electron chi connectivity index (χ3n) is 4.97. The number of guanidine groups is 1. The van der Waals surface area contributed by atoms with Gasteiger partial charge in [-0.1, -0.05) is 24.2 Å². The lowest BCUT2D eigenvalue weighted by molar-refractivity contribution is 0.157. The monoisotopic (exact) mass is 385 g/mol. The maximum Gasteiger partial charge on any atom is 0.257 e. The molecule has 7 nitrogen and oxygen atoms in total. The molecule has 2 aromatic rings. The highest BCUT2D eigenvalue weighted by atomic mass is 16.5. The van der Waals surface area contributed by atoms with Gasteiger partial charge in [0.05, 0.1) is 6.61 Å². The summed E-state index contributed by atoms with van der Waals surface area (Å²) in [5, 5.41) is 7.37. The van der Waals surface area contributed by atoms with Crippen molar-refractivity contribution in [1.29, 1.82) is 0 Å². The van der Waals surface area contributed by atoms with Crippen LogP contribution in [-0.2, 0) is 17.6 Å². The van der Waals surface area contributed by atoms with E-state index < -0.39 is 0 Å². The van der Waals surface area contributed by atoms with E-state index in [4.69, 9.17) is 14.3 Å². The Bertz CT molecular complexity index is 756. The van der Waals surface area contributed by atoms with Gasteiger partial charge in [0.2, 0.25) is 0 Å². The maximum atomic E-state index is 5.30. The third kappa shape index (κ3) is 5.32. The SMILES string of the molecule is CCNC(=NCCc1ccc(-c2nc(CC)no2)cc1)N1CCC(COC)C1. The molecule has 28 heavy (non-hydrogen) atoms. The highest BCUT2D eigenvalue weighted by Gasteiger charge is 2.24. The molecule has 1 N–H and O–H groups in total. The number of nitrogens with zero attached hydrogens (tertiary/aromatic N) is 4. The normalized spacial score (nSPS) is 17.3. The number of methoxy groups -OCH3 is 1. The molecule has 1 saturated heterocycles. The van der Waals surface area contributed by atoms with Gasteiger partial charge in [-0.2, -0.15) is 4.98 Å². The minimum absolute atomic E-state index is 0.579. The Kier molecular flexibility index (Phi) is 7.42. The van der Waals surface area contributed by atoms with Gasteiger partial charge in [0.25, 0.3) is 5.89 Å². The molecule has 7 heteroatoms. The molecule has 0 radical (unpaired) electrons. The molecule has 0 bridgehead atoms. The minimum Gasteiger partial charge on any atom is -0.384 e. The fraction of sp³-hybridized carbons (Fsp3) is 0.571. The van der Waals surface area contributed by atoms with Gasteiger partial charge in [-0.15, -0.1) is 0 Å². The van der Waals surface area contributed by atoms with Crippen molar-refractivity contribution in [3.05, 3.63) is 35.7 Å². The van der Waals surface area contributed by atoms with Crippen molar-refractivity contribution < 1.29 is 9.26 Å². The van der Waals surface area contributed by atoms with Gasteiger partial charge >= 0.3 is 0 Å². The Morgan fingerprint density at radius 1 is 1.32 bits per heavy atom. The summed E-state index contributed by atoms with van der Waals surface area (Å²) in [7, 11) is 1.77. The van der Waals surface area contributed by atoms with E-state index in [2.05, 4.69) is 39.4 Å². The molecule has 0 spiro atoms. The molecular formula is C21H31N5O2. The lowest BCUT2D eigenvalue weighted by atomic mass is 10.1. The predicted molar refractivity (Wildman–Crippen MR) is 110 cm³/mol. The van der Waals surface area contributed by atoms with Crippen LogP contribution in [0.1, 0.15) is 31.7 Å². The second-order valence-corrected chi connectivity index (χ2v) is 7.11. The summed E-state index contributed by atoms with van der Waals surface area (Å²) in [4.78, 5) is 11.6. The van der Waals surface area contributed by atoms with Crippen LogP contribution < -0.4 is 5.32 Å². The third-order valence-corrected chi connectivity index (χ3v) is 4.97. The second-order valence-electron chi connectivity index (χ2n) is 7.11. The first-order chi connectivity index (χ1) is 13.7. The Labute approximate surface area is 167 Å². The van der Waals surface area contributed by atoms with Crippen molar-refractivity contribution in [2.24, 2.45) is 10.9 Å². The van der Waals surface area contributed by atoms with E-state index in [0.717, 1.165) is 69.4 Å². The molecule has 0 aliphatic carbocycles. The molecular weight excluding hydrogens is 354 g/mol. The van der Waals surface area contributed by atoms with Crippen molar-refractivity contribution in [3.63, 3.8) is 0 Å². The van der Waals surface area contributed by atoms with Crippen LogP contribution in [0.15, 0.2) is 33.8 Å². The largest absolute Gasteiger partial charge is 0.384 e. The predicted octanol–water partition coefficient (Wildman–Crippen LogP) is 2.78. The van der Waals surface area contributed by atoms with Crippen molar-refractivity contribution in [3.8, 4) is 11.5 Å². The van der Waals surface area contributed by atoms with E-state index in [0.29, 0.717) is 11.8 Å². The quantitative estimate of drug-likeness (QED) is 0.556. The van der Waals surface area contributed by atoms with Gasteiger partial charge in [-0.25, -0.2) is 0 Å². The lowest BCUT2D eigenvalue weighted by Gasteiger charge is -2.21. The van der Waals surface area contributed by atoms with Gasteiger partial charge in [0.1, 0.15) is 0 Å². The number of aromatic nitrogens is 2. The smallest absolute Gasteiger partial charge is 0.257 e. The fourth-order valence-electron chi connectivity index (χ4n) is 3.44. The average Bonchev–Trinajstić information content (AvgIpc) is 3.38. The van der Waals surface area contributed by atoms with Gasteiger partial charge in [-0.05, 0) is 37.5 Å². The number of benzene rings is 1. The molecule has 1 unspecified atom stereocenters. The summed E-state index contributed by atoms with van der Waals surface area (Å²) in [5.74, 6) is 2.92. The first-order valence-electron chi connectivity index (χ1n) is 10.2. The van der Waals surface area contributed by atoms with E-state index in [9.17, 15) is 0 Å². The summed E-state index contributed by atoms with van der Waals surface area (Å²) in [6.07, 6.45) is 2.83. The Hall–Kier alpha value is -2.41. The second kappa shape index (κ2) is 10.2. The molecule has 1 aliphatic rings. The molecule has 1 fully saturated rings. The van der Waals surface area contributed by atoms with E-state index in [1.54, 1.807) is 7.11 Å². The number of ether oxygens (including phenoxy) is 1. The summed E-state index contributed by atoms with van der Waals surface area (Å²) in [6, 6.07) is 8.29. The molecule has 1 aromatic carbocycles. The van der Waals surface area contributed by atoms with Gasteiger partial charge in [-0.3, -0.25) is 4.99 Å². The molecule has 152 valence electrons. The van der Waals surface area contributed by atoms with Crippen molar-refractivity contribution in [2.75, 3.05) is 39.9 Å². The summed E-state index contributed by atoms with van der Waals surface area (Å²) in [6.45, 7) is 8.63. The average molecular weight is 386 g/mol. The Morgan fingerprint density at radius 2 is 2.14 bits per heavy atom. The van der Waals surface area contributed by atoms with Crippen LogP contribution in [0.3, 0.4) is 0 Å². The summed E-state index contributed by atoms with van der Waals surface area (Å²) in [5.41, 5.74) is 2.20. The van der Waals surface area contributed by atoms with E-state index >= 15 is 0 Å². The van der Waals surface area contributed by atoms with Crippen molar-refractivity contribution in [1.82, 2.24) is 20.4 Å². The van der Waals surface area contributed by atoms with Crippen LogP contribution >= 0.6 is 0 Å². The number of rotatable bonds is 8. The van der Waals surface area contributed by atoms with Crippen molar-refractivity contribution >= 4 is 5.96 Å². The first kappa shape index (κ1) is 20.3. The molecule has 1 atom stereocenters. The summed E-state index contributed by atoms with van der Waals surface area (Å²) < 4.78 is 10.6. The summed E-state index contributed by atoms with van der Waals surface area (Å²) >= 11 is 0. The lowest BCUT2D eigenvalue weighted by Crippen LogP contribution is -2.40. The van der Waals surface area contributed by atoms with Gasteiger partial charge in [0, 0.05) is 51.2 Å². The highest BCUT2D eigenvalue weighted by Crippen LogP contribution is 2.19. The van der Waals surface area contributed by atoms with E-state index in [1.165, 1.54) is 5.56 Å². The van der Waals surface area contributed by atoms with Gasteiger partial charge < -0.3 is 19.5 Å². The Morgan fingerprint density at radius 3 is 2.82 bits per heavy atom. The molecule has 1 aliphatic heterocycles. The van der Waals surface area contributed by atoms with Gasteiger partial charge in [0.15, 0.2) is 11.8 Å². The zero-order valence-electron chi connectivity index (χ0n) is 17.1. The van der Waals surface area contributed by atoms with Crippen LogP contribution in [0.5, 0.6) is 0 Å². The molecule has 2 heterocycles. The topological polar surface area (TPSA) is 75.8 Å². The number of aliphatic imine (C=N–C) groups is 1. The van der Waals surface area contributed by atoms with E-state index in [1.807, 2.05) is 19.1 Å². The zero-order chi connectivity index (χ0) is 19.8. The van der Waals surface area contributed by atoms with Crippen LogP contribution in [0.25, 0.3) is 11.5 Å². The van der Waals surface area contributed by atoms with Crippen LogP contribution in [-0.4, -0.2) is 60.9 Å². The maximum absolute atomic E-state index is 5.30. The number of aryl methyl sites for hydroxylation is 1. The van der Waals surface area contributed by atoms with E-state index in [-0.39, 0.29) is 0 Å². The number of likely N-dealkylation sites (tertiary alicyclic amines) is 1. The molecule has 3 rings (SSSR count). The molecule has 0 saturated carbocycles. The highest BCUT2D eigenvalue weighted by molar-refractivity contribution is 5.80. The number of nitrogens with one attached hydrogen (secondary N) is 1. The van der Waals surface area contributed by atoms with Crippen LogP contribution in [0, 0.1) is 5.92 Å². The number of hydrogen-bond acceptors (Lipinski definition) is 5. The van der Waals surface area contributed by atoms with Crippen molar-refractivity contribution in [2.45, 2.75) is 33.1 Å². The van der Waals surface area contributed by atoms with Crippen LogP contribution in [0.4, 0.5) is 0 Å². The minimum atomic E-state index is 0.579. The fourth-order valence-corrected chi connectivity index (χ4v) is 3.44. The molecule has 0 amide bonds. The number of hydrogen-bond donors (Lipinski definition) is 1. The zero-order valence-corrected chi connectivity index (χ0v) is 17.1. The standard InChI is InChI=1S/C21H31N5O2/c1-4-19-24-20(28-25-19)18-8-6-16(7-9-18)10-12-23-21(22-5-2)26-13-11-17(14-26)15-27-3/h6-9,17H,4-5,10-15H2,1-3H3,(H,22,23). The first-order valence-corrected chi connectivity index (χ1v) is 10.2. The molecule has 1 aromatic heterocycles. The Balaban J connectivity index is 1.55. The van der Waals surface area contributed by atoms with Crippen LogP contribution in [0.2, 0.25) is 0 Å².